The van der Waals surface area contributed by atoms with Crippen LogP contribution < -0.4 is 10.6 Å². The molecule has 0 heterocycles. The lowest BCUT2D eigenvalue weighted by atomic mass is 10.2. The van der Waals surface area contributed by atoms with Gasteiger partial charge in [-0.1, -0.05) is 18.2 Å². The highest BCUT2D eigenvalue weighted by atomic mass is 19.1. The van der Waals surface area contributed by atoms with E-state index in [-0.39, 0.29) is 5.69 Å². The van der Waals surface area contributed by atoms with Gasteiger partial charge >= 0.3 is 12.0 Å². The van der Waals surface area contributed by atoms with Crippen LogP contribution in [0.15, 0.2) is 42.5 Å². The van der Waals surface area contributed by atoms with Crippen LogP contribution >= 0.6 is 0 Å². The van der Waals surface area contributed by atoms with Crippen molar-refractivity contribution in [3.05, 3.63) is 59.4 Å². The second kappa shape index (κ2) is 6.04. The number of carbonyl (C=O) groups is 2. The molecule has 0 unspecified atom stereocenters. The van der Waals surface area contributed by atoms with Gasteiger partial charge in [0.2, 0.25) is 0 Å². The summed E-state index contributed by atoms with van der Waals surface area (Å²) in [7, 11) is 0. The van der Waals surface area contributed by atoms with Gasteiger partial charge in [0, 0.05) is 11.4 Å². The third-order valence-electron chi connectivity index (χ3n) is 2.85. The molecule has 0 aliphatic heterocycles. The van der Waals surface area contributed by atoms with Crippen molar-refractivity contribution in [3.8, 4) is 0 Å². The molecule has 5 nitrogen and oxygen atoms in total. The van der Waals surface area contributed by atoms with Gasteiger partial charge in [-0.25, -0.2) is 14.0 Å². The van der Waals surface area contributed by atoms with Gasteiger partial charge in [-0.2, -0.15) is 0 Å². The van der Waals surface area contributed by atoms with Gasteiger partial charge in [-0.3, -0.25) is 0 Å². The summed E-state index contributed by atoms with van der Waals surface area (Å²) in [5.41, 5.74) is 1.22. The van der Waals surface area contributed by atoms with E-state index in [2.05, 4.69) is 10.6 Å². The van der Waals surface area contributed by atoms with Crippen molar-refractivity contribution in [2.45, 2.75) is 6.92 Å². The molecular formula is C15H13FN2O3. The van der Waals surface area contributed by atoms with Gasteiger partial charge in [-0.05, 0) is 36.8 Å². The zero-order valence-electron chi connectivity index (χ0n) is 11.2. The van der Waals surface area contributed by atoms with E-state index in [0.717, 1.165) is 17.7 Å². The highest BCUT2D eigenvalue weighted by molar-refractivity contribution is 6.01. The van der Waals surface area contributed by atoms with Gasteiger partial charge in [0.05, 0.1) is 5.56 Å². The number of carboxylic acid groups (broad SMARTS) is 1. The Kier molecular flexibility index (Phi) is 4.18. The molecule has 0 aromatic heterocycles. The maximum atomic E-state index is 13.2. The standard InChI is InChI=1S/C15H13FN2O3/c1-9-4-2-3-5-13(9)18-15(21)17-10-6-7-12(16)11(8-10)14(19)20/h2-8H,1H3,(H,19,20)(H2,17,18,21). The number of rotatable bonds is 3. The second-order valence-corrected chi connectivity index (χ2v) is 4.39. The summed E-state index contributed by atoms with van der Waals surface area (Å²) in [6.07, 6.45) is 0. The maximum Gasteiger partial charge on any atom is 0.338 e. The topological polar surface area (TPSA) is 78.4 Å². The summed E-state index contributed by atoms with van der Waals surface area (Å²) in [6, 6.07) is 10.0. The zero-order valence-corrected chi connectivity index (χ0v) is 11.2. The number of anilines is 2. The highest BCUT2D eigenvalue weighted by Crippen LogP contribution is 2.17. The molecule has 2 amide bonds. The second-order valence-electron chi connectivity index (χ2n) is 4.39. The lowest BCUT2D eigenvalue weighted by molar-refractivity contribution is 0.0692. The number of carbonyl (C=O) groups excluding carboxylic acids is 1. The Balaban J connectivity index is 2.12. The normalized spacial score (nSPS) is 10.0. The van der Waals surface area contributed by atoms with Crippen molar-refractivity contribution in [2.24, 2.45) is 0 Å². The molecule has 21 heavy (non-hydrogen) atoms. The fourth-order valence-electron chi connectivity index (χ4n) is 1.76. The third-order valence-corrected chi connectivity index (χ3v) is 2.85. The minimum absolute atomic E-state index is 0.194. The van der Waals surface area contributed by atoms with Crippen LogP contribution in [0.2, 0.25) is 0 Å². The molecule has 0 radical (unpaired) electrons. The lowest BCUT2D eigenvalue weighted by Gasteiger charge is -2.10. The molecule has 6 heteroatoms. The van der Waals surface area contributed by atoms with Gasteiger partial charge in [0.25, 0.3) is 0 Å². The zero-order chi connectivity index (χ0) is 15.4. The Hall–Kier alpha value is -2.89. The van der Waals surface area contributed by atoms with Crippen LogP contribution in [0.5, 0.6) is 0 Å². The van der Waals surface area contributed by atoms with E-state index in [1.165, 1.54) is 6.07 Å². The van der Waals surface area contributed by atoms with Crippen LogP contribution in [0.25, 0.3) is 0 Å². The summed E-state index contributed by atoms with van der Waals surface area (Å²) >= 11 is 0. The first-order valence-corrected chi connectivity index (χ1v) is 6.14. The van der Waals surface area contributed by atoms with Gasteiger partial charge in [0.15, 0.2) is 0 Å². The fraction of sp³-hybridized carbons (Fsp3) is 0.0667. The minimum Gasteiger partial charge on any atom is -0.478 e. The number of hydrogen-bond donors (Lipinski definition) is 3. The first kappa shape index (κ1) is 14.5. The number of carboxylic acids is 1. The lowest BCUT2D eigenvalue weighted by Crippen LogP contribution is -2.20. The van der Waals surface area contributed by atoms with Gasteiger partial charge in [-0.15, -0.1) is 0 Å². The average Bonchev–Trinajstić information content (AvgIpc) is 2.43. The smallest absolute Gasteiger partial charge is 0.338 e. The van der Waals surface area contributed by atoms with Gasteiger partial charge < -0.3 is 15.7 Å². The van der Waals surface area contributed by atoms with E-state index in [9.17, 15) is 14.0 Å². The van der Waals surface area contributed by atoms with Crippen LogP contribution in [0.4, 0.5) is 20.6 Å². The van der Waals surface area contributed by atoms with E-state index in [1.54, 1.807) is 12.1 Å². The molecule has 2 rings (SSSR count). The van der Waals surface area contributed by atoms with E-state index >= 15 is 0 Å². The Labute approximate surface area is 120 Å². The summed E-state index contributed by atoms with van der Waals surface area (Å²) in [5.74, 6) is -2.25. The van der Waals surface area contributed by atoms with Crippen molar-refractivity contribution < 1.29 is 19.1 Å². The molecule has 0 aliphatic rings. The number of hydrogen-bond acceptors (Lipinski definition) is 2. The van der Waals surface area contributed by atoms with Gasteiger partial charge in [0.1, 0.15) is 5.82 Å². The van der Waals surface area contributed by atoms with Crippen LogP contribution in [0.3, 0.4) is 0 Å². The van der Waals surface area contributed by atoms with Crippen LogP contribution in [0.1, 0.15) is 15.9 Å². The molecule has 0 saturated carbocycles. The Morgan fingerprint density at radius 2 is 1.81 bits per heavy atom. The molecular weight excluding hydrogens is 275 g/mol. The van der Waals surface area contributed by atoms with E-state index in [0.29, 0.717) is 5.69 Å². The van der Waals surface area contributed by atoms with Crippen molar-refractivity contribution in [3.63, 3.8) is 0 Å². The molecule has 108 valence electrons. The molecule has 0 fully saturated rings. The molecule has 3 N–H and O–H groups in total. The number of para-hydroxylation sites is 1. The van der Waals surface area contributed by atoms with E-state index in [1.807, 2.05) is 19.1 Å². The van der Waals surface area contributed by atoms with Crippen molar-refractivity contribution in [1.82, 2.24) is 0 Å². The number of amides is 2. The number of benzene rings is 2. The number of aryl methyl sites for hydroxylation is 1. The number of aromatic carboxylic acids is 1. The third kappa shape index (κ3) is 3.56. The molecule has 0 saturated heterocycles. The van der Waals surface area contributed by atoms with Crippen molar-refractivity contribution in [2.75, 3.05) is 10.6 Å². The predicted octanol–water partition coefficient (Wildman–Crippen LogP) is 3.48. The number of nitrogens with one attached hydrogen (secondary N) is 2. The summed E-state index contributed by atoms with van der Waals surface area (Å²) in [4.78, 5) is 22.7. The first-order valence-electron chi connectivity index (χ1n) is 6.14. The van der Waals surface area contributed by atoms with E-state index in [4.69, 9.17) is 5.11 Å². The molecule has 2 aromatic carbocycles. The Morgan fingerprint density at radius 1 is 1.10 bits per heavy atom. The number of halogens is 1. The quantitative estimate of drug-likeness (QED) is 0.809. The molecule has 0 spiro atoms. The number of urea groups is 1. The average molecular weight is 288 g/mol. The summed E-state index contributed by atoms with van der Waals surface area (Å²) in [6.45, 7) is 1.84. The maximum absolute atomic E-state index is 13.2. The Morgan fingerprint density at radius 3 is 2.48 bits per heavy atom. The SMILES string of the molecule is Cc1ccccc1NC(=O)Nc1ccc(F)c(C(=O)O)c1. The predicted molar refractivity (Wildman–Crippen MR) is 77.2 cm³/mol. The van der Waals surface area contributed by atoms with Crippen molar-refractivity contribution in [1.29, 1.82) is 0 Å². The Bertz CT molecular complexity index is 701. The first-order chi connectivity index (χ1) is 9.97. The van der Waals surface area contributed by atoms with Crippen LogP contribution in [-0.4, -0.2) is 17.1 Å². The molecule has 0 aliphatic carbocycles. The molecule has 0 atom stereocenters. The highest BCUT2D eigenvalue weighted by Gasteiger charge is 2.12. The molecule has 2 aromatic rings. The van der Waals surface area contributed by atoms with E-state index < -0.39 is 23.4 Å². The van der Waals surface area contributed by atoms with Crippen LogP contribution in [-0.2, 0) is 0 Å². The largest absolute Gasteiger partial charge is 0.478 e. The summed E-state index contributed by atoms with van der Waals surface area (Å²) in [5, 5.41) is 13.9. The molecule has 0 bridgehead atoms. The van der Waals surface area contributed by atoms with Crippen molar-refractivity contribution >= 4 is 23.4 Å². The minimum atomic E-state index is -1.39. The summed E-state index contributed by atoms with van der Waals surface area (Å²) < 4.78 is 13.2. The fourth-order valence-corrected chi connectivity index (χ4v) is 1.76. The monoisotopic (exact) mass is 288 g/mol. The van der Waals surface area contributed by atoms with Crippen LogP contribution in [0, 0.1) is 12.7 Å².